The molecular formula is C19H28ClF2N3O3. The van der Waals surface area contributed by atoms with E-state index in [0.29, 0.717) is 42.8 Å². The van der Waals surface area contributed by atoms with Crippen molar-refractivity contribution in [2.45, 2.75) is 45.4 Å². The predicted molar refractivity (Wildman–Crippen MR) is 105 cm³/mol. The van der Waals surface area contributed by atoms with Gasteiger partial charge in [-0.25, -0.2) is 4.99 Å². The van der Waals surface area contributed by atoms with Gasteiger partial charge in [0, 0.05) is 36.9 Å². The molecule has 1 unspecified atom stereocenters. The molecule has 158 valence electrons. The van der Waals surface area contributed by atoms with Crippen LogP contribution in [0.15, 0.2) is 23.2 Å². The Morgan fingerprint density at radius 3 is 2.96 bits per heavy atom. The summed E-state index contributed by atoms with van der Waals surface area (Å²) in [6, 6.07) is 4.50. The zero-order chi connectivity index (χ0) is 20.2. The number of alkyl halides is 2. The van der Waals surface area contributed by atoms with E-state index in [1.807, 2.05) is 6.92 Å². The number of hydrogen-bond donors (Lipinski definition) is 2. The van der Waals surface area contributed by atoms with Gasteiger partial charge in [-0.1, -0.05) is 11.6 Å². The minimum absolute atomic E-state index is 0.0709. The van der Waals surface area contributed by atoms with E-state index in [1.54, 1.807) is 6.07 Å². The van der Waals surface area contributed by atoms with E-state index in [1.165, 1.54) is 12.1 Å². The highest BCUT2D eigenvalue weighted by Crippen LogP contribution is 2.25. The number of rotatable bonds is 11. The number of nitrogens with one attached hydrogen (secondary N) is 2. The van der Waals surface area contributed by atoms with Crippen molar-refractivity contribution in [3.63, 3.8) is 0 Å². The molecule has 1 fully saturated rings. The monoisotopic (exact) mass is 419 g/mol. The second kappa shape index (κ2) is 12.7. The van der Waals surface area contributed by atoms with Crippen LogP contribution in [-0.2, 0) is 16.0 Å². The van der Waals surface area contributed by atoms with Crippen molar-refractivity contribution in [1.29, 1.82) is 0 Å². The van der Waals surface area contributed by atoms with E-state index in [0.717, 1.165) is 25.9 Å². The summed E-state index contributed by atoms with van der Waals surface area (Å²) in [6.07, 6.45) is 3.22. The van der Waals surface area contributed by atoms with Gasteiger partial charge in [0.15, 0.2) is 5.96 Å². The predicted octanol–water partition coefficient (Wildman–Crippen LogP) is 3.58. The first-order valence-corrected chi connectivity index (χ1v) is 9.91. The van der Waals surface area contributed by atoms with Gasteiger partial charge in [-0.2, -0.15) is 8.78 Å². The zero-order valence-electron chi connectivity index (χ0n) is 16.1. The Labute approximate surface area is 169 Å². The largest absolute Gasteiger partial charge is 0.434 e. The Morgan fingerprint density at radius 1 is 1.39 bits per heavy atom. The van der Waals surface area contributed by atoms with Gasteiger partial charge in [0.25, 0.3) is 0 Å². The lowest BCUT2D eigenvalue weighted by atomic mass is 10.2. The van der Waals surface area contributed by atoms with Crippen molar-refractivity contribution in [3.05, 3.63) is 28.8 Å². The highest BCUT2D eigenvalue weighted by Gasteiger charge is 2.15. The van der Waals surface area contributed by atoms with E-state index >= 15 is 0 Å². The molecule has 1 aliphatic heterocycles. The maximum Gasteiger partial charge on any atom is 0.387 e. The molecule has 0 spiro atoms. The Morgan fingerprint density at radius 2 is 2.25 bits per heavy atom. The van der Waals surface area contributed by atoms with Crippen molar-refractivity contribution in [3.8, 4) is 5.75 Å². The highest BCUT2D eigenvalue weighted by molar-refractivity contribution is 6.30. The summed E-state index contributed by atoms with van der Waals surface area (Å²) in [5.74, 6) is 0.658. The second-order valence-electron chi connectivity index (χ2n) is 6.32. The van der Waals surface area contributed by atoms with E-state index in [-0.39, 0.29) is 18.4 Å². The Bertz CT molecular complexity index is 614. The minimum atomic E-state index is -2.90. The molecule has 2 N–H and O–H groups in total. The molecule has 0 amide bonds. The van der Waals surface area contributed by atoms with E-state index in [9.17, 15) is 8.78 Å². The molecule has 0 aliphatic carbocycles. The van der Waals surface area contributed by atoms with E-state index in [2.05, 4.69) is 20.4 Å². The maximum absolute atomic E-state index is 12.6. The normalized spacial score (nSPS) is 17.2. The average molecular weight is 420 g/mol. The smallest absolute Gasteiger partial charge is 0.387 e. The first-order valence-electron chi connectivity index (χ1n) is 9.53. The van der Waals surface area contributed by atoms with Crippen LogP contribution in [0.3, 0.4) is 0 Å². The van der Waals surface area contributed by atoms with Crippen LogP contribution in [0.4, 0.5) is 8.78 Å². The molecule has 2 rings (SSSR count). The fraction of sp³-hybridized carbons (Fsp3) is 0.632. The number of ether oxygens (including phenoxy) is 3. The summed E-state index contributed by atoms with van der Waals surface area (Å²) in [7, 11) is 0. The van der Waals surface area contributed by atoms with Crippen LogP contribution in [0.5, 0.6) is 5.75 Å². The van der Waals surface area contributed by atoms with Gasteiger partial charge < -0.3 is 24.8 Å². The number of hydrogen-bond acceptors (Lipinski definition) is 4. The number of aliphatic imine (C=N–C) groups is 1. The van der Waals surface area contributed by atoms with Crippen LogP contribution < -0.4 is 15.4 Å². The molecule has 1 aromatic rings. The summed E-state index contributed by atoms with van der Waals surface area (Å²) >= 11 is 5.96. The summed E-state index contributed by atoms with van der Waals surface area (Å²) in [5, 5.41) is 6.76. The molecule has 0 radical (unpaired) electrons. The summed E-state index contributed by atoms with van der Waals surface area (Å²) in [5.41, 5.74) is 0.491. The fourth-order valence-corrected chi connectivity index (χ4v) is 2.95. The third kappa shape index (κ3) is 8.58. The number of guanidine groups is 1. The summed E-state index contributed by atoms with van der Waals surface area (Å²) in [4.78, 5) is 4.42. The van der Waals surface area contributed by atoms with E-state index < -0.39 is 6.61 Å². The van der Waals surface area contributed by atoms with Gasteiger partial charge in [0.1, 0.15) is 5.75 Å². The third-order valence-corrected chi connectivity index (χ3v) is 4.31. The first kappa shape index (κ1) is 22.6. The fourth-order valence-electron chi connectivity index (χ4n) is 2.76. The molecule has 0 saturated carbocycles. The quantitative estimate of drug-likeness (QED) is 0.326. The molecule has 1 heterocycles. The van der Waals surface area contributed by atoms with Crippen LogP contribution in [0.1, 0.15) is 31.7 Å². The van der Waals surface area contributed by atoms with Gasteiger partial charge in [0.05, 0.1) is 19.3 Å². The highest BCUT2D eigenvalue weighted by atomic mass is 35.5. The third-order valence-electron chi connectivity index (χ3n) is 4.08. The maximum atomic E-state index is 12.6. The van der Waals surface area contributed by atoms with Crippen molar-refractivity contribution < 1.29 is 23.0 Å². The Hall–Kier alpha value is -1.64. The Kier molecular flexibility index (Phi) is 10.3. The van der Waals surface area contributed by atoms with Crippen molar-refractivity contribution >= 4 is 17.6 Å². The molecule has 1 aliphatic rings. The number of nitrogens with zero attached hydrogens (tertiary/aromatic N) is 1. The van der Waals surface area contributed by atoms with Crippen molar-refractivity contribution in [2.75, 3.05) is 32.9 Å². The molecule has 9 heteroatoms. The summed E-state index contributed by atoms with van der Waals surface area (Å²) in [6.45, 7) is 2.66. The molecule has 0 bridgehead atoms. The molecule has 6 nitrogen and oxygen atoms in total. The van der Waals surface area contributed by atoms with Crippen LogP contribution >= 0.6 is 11.6 Å². The lowest BCUT2D eigenvalue weighted by Gasteiger charge is -2.13. The minimum Gasteiger partial charge on any atom is -0.434 e. The lowest BCUT2D eigenvalue weighted by molar-refractivity contribution is -0.0504. The number of benzene rings is 1. The molecular weight excluding hydrogens is 392 g/mol. The molecule has 1 saturated heterocycles. The van der Waals surface area contributed by atoms with Crippen molar-refractivity contribution in [1.82, 2.24) is 10.6 Å². The summed E-state index contributed by atoms with van der Waals surface area (Å²) < 4.78 is 40.8. The lowest BCUT2D eigenvalue weighted by Crippen LogP contribution is -2.38. The van der Waals surface area contributed by atoms with Gasteiger partial charge in [-0.15, -0.1) is 0 Å². The molecule has 0 aromatic heterocycles. The van der Waals surface area contributed by atoms with Gasteiger partial charge in [0.2, 0.25) is 0 Å². The average Bonchev–Trinajstić information content (AvgIpc) is 3.17. The van der Waals surface area contributed by atoms with Gasteiger partial charge in [-0.05, 0) is 44.4 Å². The van der Waals surface area contributed by atoms with Crippen molar-refractivity contribution in [2.24, 2.45) is 4.99 Å². The topological polar surface area (TPSA) is 64.1 Å². The molecule has 1 aromatic carbocycles. The standard InChI is InChI=1S/C19H28ClF2N3O3/c1-2-23-19(24-8-4-9-26-13-16-5-3-10-27-16)25-12-14-11-15(20)6-7-17(14)28-18(21)22/h6-7,11,16,18H,2-5,8-10,12-13H2,1H3,(H2,23,24,25). The number of halogens is 3. The van der Waals surface area contributed by atoms with Gasteiger partial charge in [-0.3, -0.25) is 0 Å². The van der Waals surface area contributed by atoms with Gasteiger partial charge >= 0.3 is 6.61 Å². The van der Waals surface area contributed by atoms with Crippen LogP contribution in [-0.4, -0.2) is 51.6 Å². The molecule has 28 heavy (non-hydrogen) atoms. The zero-order valence-corrected chi connectivity index (χ0v) is 16.8. The van der Waals surface area contributed by atoms with E-state index in [4.69, 9.17) is 21.1 Å². The molecule has 1 atom stereocenters. The van der Waals surface area contributed by atoms with Crippen LogP contribution in [0, 0.1) is 0 Å². The van der Waals surface area contributed by atoms with Crippen LogP contribution in [0.2, 0.25) is 5.02 Å². The second-order valence-corrected chi connectivity index (χ2v) is 6.75. The Balaban J connectivity index is 1.78. The first-order chi connectivity index (χ1) is 13.6. The SMILES string of the molecule is CCNC(=NCc1cc(Cl)ccc1OC(F)F)NCCCOCC1CCCO1. The van der Waals surface area contributed by atoms with Crippen LogP contribution in [0.25, 0.3) is 0 Å².